The molecule has 100 valence electrons. The Balaban J connectivity index is 1.97. The van der Waals surface area contributed by atoms with Gasteiger partial charge in [0.15, 0.2) is 0 Å². The average Bonchev–Trinajstić information content (AvgIpc) is 2.92. The van der Waals surface area contributed by atoms with Crippen LogP contribution < -0.4 is 5.73 Å². The second-order valence-corrected chi connectivity index (χ2v) is 4.86. The first-order chi connectivity index (χ1) is 9.63. The maximum absolute atomic E-state index is 5.91. The number of rotatable bonds is 2. The van der Waals surface area contributed by atoms with Gasteiger partial charge >= 0.3 is 0 Å². The van der Waals surface area contributed by atoms with Crippen molar-refractivity contribution in [2.24, 2.45) is 0 Å². The normalized spacial score (nSPS) is 10.7. The molecule has 3 rings (SSSR count). The average molecular weight is 265 g/mol. The Bertz CT molecular complexity index is 745. The third-order valence-corrected chi connectivity index (χ3v) is 3.26. The molecule has 0 aliphatic carbocycles. The van der Waals surface area contributed by atoms with E-state index in [2.05, 4.69) is 10.1 Å². The largest absolute Gasteiger partial charge is 0.398 e. The van der Waals surface area contributed by atoms with Crippen molar-refractivity contribution in [3.63, 3.8) is 0 Å². The molecule has 0 amide bonds. The predicted molar refractivity (Wildman–Crippen MR) is 79.1 cm³/mol. The SMILES string of the molecule is Cc1ccc(-c2nc(-c3ccc(C)c(N)c3)no2)cc1. The van der Waals surface area contributed by atoms with Gasteiger partial charge in [-0.05, 0) is 37.6 Å². The number of nitrogens with zero attached hydrogens (tertiary/aromatic N) is 2. The van der Waals surface area contributed by atoms with Crippen molar-refractivity contribution in [3.8, 4) is 22.8 Å². The molecule has 0 saturated carbocycles. The smallest absolute Gasteiger partial charge is 0.258 e. The summed E-state index contributed by atoms with van der Waals surface area (Å²) in [5.41, 5.74) is 10.6. The van der Waals surface area contributed by atoms with Crippen LogP contribution in [0.5, 0.6) is 0 Å². The molecule has 0 bridgehead atoms. The number of hydrogen-bond donors (Lipinski definition) is 1. The van der Waals surface area contributed by atoms with Gasteiger partial charge in [-0.15, -0.1) is 0 Å². The van der Waals surface area contributed by atoms with Crippen molar-refractivity contribution in [2.45, 2.75) is 13.8 Å². The molecule has 4 nitrogen and oxygen atoms in total. The van der Waals surface area contributed by atoms with E-state index in [0.717, 1.165) is 22.4 Å². The number of anilines is 1. The molecule has 1 heterocycles. The summed E-state index contributed by atoms with van der Waals surface area (Å²) in [6.45, 7) is 4.01. The highest BCUT2D eigenvalue weighted by molar-refractivity contribution is 5.65. The zero-order valence-corrected chi connectivity index (χ0v) is 11.4. The Hall–Kier alpha value is -2.62. The molecule has 4 heteroatoms. The summed E-state index contributed by atoms with van der Waals surface area (Å²) >= 11 is 0. The first-order valence-electron chi connectivity index (χ1n) is 6.41. The van der Waals surface area contributed by atoms with E-state index in [1.165, 1.54) is 5.56 Å². The lowest BCUT2D eigenvalue weighted by Gasteiger charge is -2.00. The van der Waals surface area contributed by atoms with Crippen LogP contribution in [0.15, 0.2) is 47.0 Å². The minimum Gasteiger partial charge on any atom is -0.398 e. The van der Waals surface area contributed by atoms with Gasteiger partial charge in [0.2, 0.25) is 5.82 Å². The highest BCUT2D eigenvalue weighted by Gasteiger charge is 2.11. The van der Waals surface area contributed by atoms with Gasteiger partial charge in [0.25, 0.3) is 5.89 Å². The molecular formula is C16H15N3O. The number of aryl methyl sites for hydroxylation is 2. The minimum absolute atomic E-state index is 0.513. The number of hydrogen-bond acceptors (Lipinski definition) is 4. The second-order valence-electron chi connectivity index (χ2n) is 4.86. The van der Waals surface area contributed by atoms with Crippen molar-refractivity contribution in [1.82, 2.24) is 10.1 Å². The fourth-order valence-electron chi connectivity index (χ4n) is 1.93. The number of benzene rings is 2. The van der Waals surface area contributed by atoms with Crippen LogP contribution in [0.25, 0.3) is 22.8 Å². The van der Waals surface area contributed by atoms with Crippen molar-refractivity contribution in [2.75, 3.05) is 5.73 Å². The Morgan fingerprint density at radius 1 is 0.950 bits per heavy atom. The molecule has 3 aromatic rings. The highest BCUT2D eigenvalue weighted by Crippen LogP contribution is 2.24. The summed E-state index contributed by atoms with van der Waals surface area (Å²) in [5.74, 6) is 1.06. The molecule has 0 unspecified atom stereocenters. The van der Waals surface area contributed by atoms with Crippen LogP contribution in [-0.2, 0) is 0 Å². The highest BCUT2D eigenvalue weighted by atomic mass is 16.5. The predicted octanol–water partition coefficient (Wildman–Crippen LogP) is 3.60. The van der Waals surface area contributed by atoms with Gasteiger partial charge in [0, 0.05) is 16.8 Å². The van der Waals surface area contributed by atoms with Crippen LogP contribution in [0.3, 0.4) is 0 Å². The fraction of sp³-hybridized carbons (Fsp3) is 0.125. The van der Waals surface area contributed by atoms with Gasteiger partial charge in [0.05, 0.1) is 0 Å². The van der Waals surface area contributed by atoms with Gasteiger partial charge in [-0.1, -0.05) is 35.0 Å². The summed E-state index contributed by atoms with van der Waals surface area (Å²) in [4.78, 5) is 4.42. The van der Waals surface area contributed by atoms with Gasteiger partial charge in [-0.2, -0.15) is 4.98 Å². The van der Waals surface area contributed by atoms with Crippen molar-refractivity contribution < 1.29 is 4.52 Å². The molecular weight excluding hydrogens is 250 g/mol. The maximum atomic E-state index is 5.91. The molecule has 1 aromatic heterocycles. The van der Waals surface area contributed by atoms with E-state index >= 15 is 0 Å². The summed E-state index contributed by atoms with van der Waals surface area (Å²) < 4.78 is 5.31. The molecule has 0 aliphatic heterocycles. The summed E-state index contributed by atoms with van der Waals surface area (Å²) in [6.07, 6.45) is 0. The van der Waals surface area contributed by atoms with E-state index in [0.29, 0.717) is 11.7 Å². The fourth-order valence-corrected chi connectivity index (χ4v) is 1.93. The molecule has 0 aliphatic rings. The Labute approximate surface area is 117 Å². The van der Waals surface area contributed by atoms with E-state index in [1.807, 2.05) is 56.3 Å². The quantitative estimate of drug-likeness (QED) is 0.719. The number of nitrogen functional groups attached to an aromatic ring is 1. The van der Waals surface area contributed by atoms with E-state index in [4.69, 9.17) is 10.3 Å². The van der Waals surface area contributed by atoms with Crippen LogP contribution in [0, 0.1) is 13.8 Å². The summed E-state index contributed by atoms with van der Waals surface area (Å²) in [7, 11) is 0. The van der Waals surface area contributed by atoms with E-state index in [-0.39, 0.29) is 0 Å². The Morgan fingerprint density at radius 3 is 2.35 bits per heavy atom. The Kier molecular flexibility index (Phi) is 2.99. The van der Waals surface area contributed by atoms with E-state index in [1.54, 1.807) is 0 Å². The summed E-state index contributed by atoms with van der Waals surface area (Å²) in [5, 5.41) is 4.01. The van der Waals surface area contributed by atoms with Gasteiger partial charge in [-0.3, -0.25) is 0 Å². The molecule has 2 N–H and O–H groups in total. The Morgan fingerprint density at radius 2 is 1.65 bits per heavy atom. The lowest BCUT2D eigenvalue weighted by atomic mass is 10.1. The molecule has 0 radical (unpaired) electrons. The molecule has 2 aromatic carbocycles. The number of aromatic nitrogens is 2. The topological polar surface area (TPSA) is 64.9 Å². The molecule has 0 fully saturated rings. The van der Waals surface area contributed by atoms with E-state index < -0.39 is 0 Å². The van der Waals surface area contributed by atoms with Crippen LogP contribution in [0.1, 0.15) is 11.1 Å². The lowest BCUT2D eigenvalue weighted by Crippen LogP contribution is -1.90. The van der Waals surface area contributed by atoms with Gasteiger partial charge < -0.3 is 10.3 Å². The van der Waals surface area contributed by atoms with Crippen LogP contribution in [-0.4, -0.2) is 10.1 Å². The van der Waals surface area contributed by atoms with E-state index in [9.17, 15) is 0 Å². The second kappa shape index (κ2) is 4.81. The third-order valence-electron chi connectivity index (χ3n) is 3.26. The molecule has 0 atom stereocenters. The lowest BCUT2D eigenvalue weighted by molar-refractivity contribution is 0.432. The third kappa shape index (κ3) is 2.28. The number of nitrogens with two attached hydrogens (primary N) is 1. The zero-order valence-electron chi connectivity index (χ0n) is 11.4. The zero-order chi connectivity index (χ0) is 14.1. The first kappa shape index (κ1) is 12.4. The minimum atomic E-state index is 0.513. The molecule has 0 spiro atoms. The van der Waals surface area contributed by atoms with Crippen LogP contribution >= 0.6 is 0 Å². The summed E-state index contributed by atoms with van der Waals surface area (Å²) in [6, 6.07) is 13.7. The van der Waals surface area contributed by atoms with Crippen LogP contribution in [0.4, 0.5) is 5.69 Å². The van der Waals surface area contributed by atoms with Crippen molar-refractivity contribution in [1.29, 1.82) is 0 Å². The maximum Gasteiger partial charge on any atom is 0.258 e. The van der Waals surface area contributed by atoms with Crippen molar-refractivity contribution >= 4 is 5.69 Å². The molecule has 20 heavy (non-hydrogen) atoms. The van der Waals surface area contributed by atoms with Gasteiger partial charge in [-0.25, -0.2) is 0 Å². The standard InChI is InChI=1S/C16H15N3O/c1-10-3-6-12(7-4-10)16-18-15(19-20-16)13-8-5-11(2)14(17)9-13/h3-9H,17H2,1-2H3. The molecule has 0 saturated heterocycles. The van der Waals surface area contributed by atoms with Crippen molar-refractivity contribution in [3.05, 3.63) is 53.6 Å². The first-order valence-corrected chi connectivity index (χ1v) is 6.41. The van der Waals surface area contributed by atoms with Crippen LogP contribution in [0.2, 0.25) is 0 Å². The monoisotopic (exact) mass is 265 g/mol. The van der Waals surface area contributed by atoms with Gasteiger partial charge in [0.1, 0.15) is 0 Å².